The summed E-state index contributed by atoms with van der Waals surface area (Å²) in [7, 11) is 0. The van der Waals surface area contributed by atoms with Gasteiger partial charge in [-0.25, -0.2) is 22.5 Å². The minimum atomic E-state index is -5.28. The second kappa shape index (κ2) is 13.7. The molecule has 45 heavy (non-hydrogen) atoms. The molecule has 0 spiro atoms. The molecule has 0 amide bonds. The van der Waals surface area contributed by atoms with E-state index in [-0.39, 0.29) is 5.56 Å². The molecule has 3 nitrogen and oxygen atoms in total. The Morgan fingerprint density at radius 2 is 1.36 bits per heavy atom. The number of rotatable bonds is 7. The van der Waals surface area contributed by atoms with E-state index in [4.69, 9.17) is 4.74 Å². The van der Waals surface area contributed by atoms with Crippen LogP contribution in [0.25, 0.3) is 0 Å². The van der Waals surface area contributed by atoms with Gasteiger partial charge >= 0.3 is 12.3 Å². The number of hydrogen-bond acceptors (Lipinski definition) is 3. The number of ether oxygens (including phenoxy) is 2. The monoisotopic (exact) mass is 633 g/mol. The quantitative estimate of drug-likeness (QED) is 0.116. The lowest BCUT2D eigenvalue weighted by atomic mass is 10.1. The maximum atomic E-state index is 14.8. The molecular weight excluding hydrogens is 613 g/mol. The lowest BCUT2D eigenvalue weighted by molar-refractivity contribution is -0.187. The van der Waals surface area contributed by atoms with Gasteiger partial charge in [0.15, 0.2) is 0 Å². The van der Waals surface area contributed by atoms with Gasteiger partial charge in [0.25, 0.3) is 0 Å². The third-order valence-corrected chi connectivity index (χ3v) is 5.97. The summed E-state index contributed by atoms with van der Waals surface area (Å²) in [5.41, 5.74) is -3.84. The van der Waals surface area contributed by atoms with Crippen LogP contribution in [0.3, 0.4) is 0 Å². The Hall–Kier alpha value is -5.10. The van der Waals surface area contributed by atoms with E-state index in [1.54, 1.807) is 12.1 Å². The molecule has 1 aromatic heterocycles. The van der Waals surface area contributed by atoms with Crippen molar-refractivity contribution >= 4 is 0 Å². The number of aromatic nitrogens is 1. The molecule has 1 heterocycles. The second-order valence-electron chi connectivity index (χ2n) is 9.35. The standard InChI is InChI=1S/C33H20F9NO2/c1-2-3-14-44-25-12-10-23(43-19-25)9-5-20-6-13-26(28(35)15-20)33(41,42)45-24-11-8-22(27(34)18-24)7-4-21-16-29(36)31(30(37)17-21)32(38,39)40/h6,8,10-13,15-19H,2-3,14H2,1H3. The number of unbranched alkanes of at least 4 members (excludes halogenated alkanes) is 1. The van der Waals surface area contributed by atoms with Crippen molar-refractivity contribution in [3.8, 4) is 35.2 Å². The first-order valence-corrected chi connectivity index (χ1v) is 13.1. The van der Waals surface area contributed by atoms with Crippen molar-refractivity contribution in [1.82, 2.24) is 4.98 Å². The number of nitrogens with zero attached hydrogens (tertiary/aromatic N) is 1. The lowest BCUT2D eigenvalue weighted by Crippen LogP contribution is -2.23. The first-order valence-electron chi connectivity index (χ1n) is 13.1. The fourth-order valence-electron chi connectivity index (χ4n) is 3.76. The highest BCUT2D eigenvalue weighted by Gasteiger charge is 2.38. The average molecular weight is 634 g/mol. The minimum Gasteiger partial charge on any atom is -0.492 e. The van der Waals surface area contributed by atoms with Crippen molar-refractivity contribution in [3.05, 3.63) is 124 Å². The first kappa shape index (κ1) is 32.8. The van der Waals surface area contributed by atoms with E-state index >= 15 is 0 Å². The molecule has 0 aliphatic carbocycles. The van der Waals surface area contributed by atoms with Crippen molar-refractivity contribution in [3.63, 3.8) is 0 Å². The molecule has 4 rings (SSSR count). The molecule has 3 aromatic carbocycles. The minimum absolute atomic E-state index is 0.0684. The van der Waals surface area contributed by atoms with Crippen LogP contribution in [0.2, 0.25) is 0 Å². The topological polar surface area (TPSA) is 31.4 Å². The van der Waals surface area contributed by atoms with E-state index in [0.29, 0.717) is 36.2 Å². The van der Waals surface area contributed by atoms with E-state index < -0.39 is 63.6 Å². The van der Waals surface area contributed by atoms with Crippen molar-refractivity contribution in [2.75, 3.05) is 6.61 Å². The molecule has 0 atom stereocenters. The normalized spacial score (nSPS) is 11.2. The molecule has 0 aliphatic heterocycles. The Morgan fingerprint density at radius 3 is 1.96 bits per heavy atom. The van der Waals surface area contributed by atoms with Gasteiger partial charge in [0.2, 0.25) is 0 Å². The van der Waals surface area contributed by atoms with Gasteiger partial charge in [0.1, 0.15) is 51.6 Å². The largest absolute Gasteiger partial charge is 0.492 e. The summed E-state index contributed by atoms with van der Waals surface area (Å²) in [5.74, 6) is 3.02. The lowest BCUT2D eigenvalue weighted by Gasteiger charge is -2.19. The molecule has 12 heteroatoms. The van der Waals surface area contributed by atoms with E-state index in [1.807, 2.05) is 6.92 Å². The van der Waals surface area contributed by atoms with Gasteiger partial charge in [-0.15, -0.1) is 0 Å². The zero-order valence-corrected chi connectivity index (χ0v) is 23.1. The van der Waals surface area contributed by atoms with Crippen LogP contribution in [-0.4, -0.2) is 11.6 Å². The molecule has 0 saturated heterocycles. The predicted octanol–water partition coefficient (Wildman–Crippen LogP) is 8.76. The fourth-order valence-corrected chi connectivity index (χ4v) is 3.76. The number of benzene rings is 3. The van der Waals surface area contributed by atoms with E-state index in [2.05, 4.69) is 33.4 Å². The fraction of sp³-hybridized carbons (Fsp3) is 0.182. The van der Waals surface area contributed by atoms with Gasteiger partial charge in [0.05, 0.1) is 18.4 Å². The molecule has 0 aliphatic rings. The van der Waals surface area contributed by atoms with Gasteiger partial charge in [-0.2, -0.15) is 22.0 Å². The molecule has 0 radical (unpaired) electrons. The summed E-state index contributed by atoms with van der Waals surface area (Å²) in [5, 5.41) is 0. The third-order valence-electron chi connectivity index (χ3n) is 5.97. The smallest absolute Gasteiger partial charge is 0.429 e. The highest BCUT2D eigenvalue weighted by molar-refractivity contribution is 5.47. The highest BCUT2D eigenvalue weighted by Crippen LogP contribution is 2.35. The van der Waals surface area contributed by atoms with E-state index in [1.165, 1.54) is 6.20 Å². The van der Waals surface area contributed by atoms with Crippen molar-refractivity contribution < 1.29 is 49.0 Å². The molecule has 232 valence electrons. The molecule has 0 unspecified atom stereocenters. The zero-order chi connectivity index (χ0) is 32.8. The van der Waals surface area contributed by atoms with Crippen molar-refractivity contribution in [2.24, 2.45) is 0 Å². The SMILES string of the molecule is CCCCOc1ccc(C#Cc2ccc(C(F)(F)Oc3ccc(C#Cc4cc(F)c(C(F)(F)F)c(F)c4)c(F)c3)c(F)c2)nc1. The second-order valence-corrected chi connectivity index (χ2v) is 9.35. The predicted molar refractivity (Wildman–Crippen MR) is 145 cm³/mol. The van der Waals surface area contributed by atoms with Crippen LogP contribution in [-0.2, 0) is 12.3 Å². The Kier molecular flexibility index (Phi) is 9.98. The summed E-state index contributed by atoms with van der Waals surface area (Å²) >= 11 is 0. The Balaban J connectivity index is 1.45. The molecule has 0 saturated carbocycles. The first-order chi connectivity index (χ1) is 21.3. The van der Waals surface area contributed by atoms with Crippen LogP contribution in [0, 0.1) is 47.0 Å². The zero-order valence-electron chi connectivity index (χ0n) is 23.1. The number of halogens is 9. The number of pyridine rings is 1. The number of hydrogen-bond donors (Lipinski definition) is 0. The Morgan fingerprint density at radius 1 is 0.689 bits per heavy atom. The van der Waals surface area contributed by atoms with Crippen LogP contribution in [0.1, 0.15) is 53.3 Å². The summed E-state index contributed by atoms with van der Waals surface area (Å²) < 4.78 is 134. The molecular formula is C33H20F9NO2. The van der Waals surface area contributed by atoms with Gasteiger partial charge in [-0.1, -0.05) is 31.1 Å². The molecule has 0 N–H and O–H groups in total. The maximum Gasteiger partial charge on any atom is 0.429 e. The van der Waals surface area contributed by atoms with Crippen LogP contribution in [0.5, 0.6) is 11.5 Å². The van der Waals surface area contributed by atoms with Crippen molar-refractivity contribution in [2.45, 2.75) is 32.1 Å². The van der Waals surface area contributed by atoms with Gasteiger partial charge in [-0.05, 0) is 66.9 Å². The van der Waals surface area contributed by atoms with Crippen molar-refractivity contribution in [1.29, 1.82) is 0 Å². The van der Waals surface area contributed by atoms with E-state index in [0.717, 1.165) is 43.2 Å². The summed E-state index contributed by atoms with van der Waals surface area (Å²) in [6, 6.07) is 8.83. The van der Waals surface area contributed by atoms with Gasteiger partial charge in [-0.3, -0.25) is 0 Å². The number of alkyl halides is 5. The highest BCUT2D eigenvalue weighted by atomic mass is 19.4. The molecule has 0 fully saturated rings. The summed E-state index contributed by atoms with van der Waals surface area (Å²) in [6.45, 7) is 2.57. The van der Waals surface area contributed by atoms with E-state index in [9.17, 15) is 39.5 Å². The summed E-state index contributed by atoms with van der Waals surface area (Å²) in [4.78, 5) is 4.12. The third kappa shape index (κ3) is 8.51. The Bertz CT molecular complexity index is 1790. The van der Waals surface area contributed by atoms with Crippen LogP contribution in [0.15, 0.2) is 66.9 Å². The molecule has 0 bridgehead atoms. The van der Waals surface area contributed by atoms with Gasteiger partial charge in [0, 0.05) is 17.2 Å². The molecule has 4 aromatic rings. The van der Waals surface area contributed by atoms with Crippen LogP contribution < -0.4 is 9.47 Å². The summed E-state index contributed by atoms with van der Waals surface area (Å²) in [6.07, 6.45) is -6.19. The maximum absolute atomic E-state index is 14.8. The average Bonchev–Trinajstić information content (AvgIpc) is 2.95. The Labute approximate surface area is 251 Å². The van der Waals surface area contributed by atoms with Gasteiger partial charge < -0.3 is 9.47 Å². The van der Waals surface area contributed by atoms with Crippen LogP contribution in [0.4, 0.5) is 39.5 Å². The van der Waals surface area contributed by atoms with Crippen LogP contribution >= 0.6 is 0 Å².